The van der Waals surface area contributed by atoms with Gasteiger partial charge in [0.15, 0.2) is 0 Å². The molecule has 1 aliphatic carbocycles. The Morgan fingerprint density at radius 2 is 1.95 bits per heavy atom. The smallest absolute Gasteiger partial charge is 0.0885 e. The maximum absolute atomic E-state index is 6.12. The van der Waals surface area contributed by atoms with Crippen molar-refractivity contribution in [3.63, 3.8) is 0 Å². The molecule has 5 atom stereocenters. The van der Waals surface area contributed by atoms with Crippen molar-refractivity contribution >= 4 is 0 Å². The molecule has 0 radical (unpaired) electrons. The van der Waals surface area contributed by atoms with Gasteiger partial charge in [-0.15, -0.1) is 0 Å². The molecule has 3 rings (SSSR count). The second-order valence-electron chi connectivity index (χ2n) is 8.00. The minimum absolute atomic E-state index is 0.271. The maximum Gasteiger partial charge on any atom is 0.0885 e. The van der Waals surface area contributed by atoms with Crippen LogP contribution in [0.5, 0.6) is 0 Å². The topological polar surface area (TPSA) is 27.7 Å². The van der Waals surface area contributed by atoms with E-state index in [2.05, 4.69) is 20.8 Å². The zero-order chi connectivity index (χ0) is 15.0. The van der Waals surface area contributed by atoms with Crippen molar-refractivity contribution < 1.29 is 14.2 Å². The minimum atomic E-state index is 0.271. The summed E-state index contributed by atoms with van der Waals surface area (Å²) in [6.45, 7) is 8.75. The second kappa shape index (κ2) is 6.17. The lowest BCUT2D eigenvalue weighted by Crippen LogP contribution is -2.36. The lowest BCUT2D eigenvalue weighted by molar-refractivity contribution is -0.0567. The molecular weight excluding hydrogens is 264 g/mol. The van der Waals surface area contributed by atoms with Crippen LogP contribution in [0.2, 0.25) is 0 Å². The Morgan fingerprint density at radius 3 is 2.48 bits per heavy atom. The van der Waals surface area contributed by atoms with Crippen molar-refractivity contribution in [1.82, 2.24) is 0 Å². The molecule has 0 N–H and O–H groups in total. The van der Waals surface area contributed by atoms with E-state index in [0.29, 0.717) is 23.7 Å². The Bertz CT molecular complexity index is 350. The molecule has 2 aliphatic heterocycles. The van der Waals surface area contributed by atoms with E-state index < -0.39 is 0 Å². The van der Waals surface area contributed by atoms with Crippen LogP contribution >= 0.6 is 0 Å². The molecule has 0 bridgehead atoms. The summed E-state index contributed by atoms with van der Waals surface area (Å²) in [6.07, 6.45) is 6.85. The van der Waals surface area contributed by atoms with E-state index in [0.717, 1.165) is 19.6 Å². The summed E-state index contributed by atoms with van der Waals surface area (Å²) in [5.74, 6) is 2.55. The Hall–Kier alpha value is -0.120. The third-order valence-electron chi connectivity index (χ3n) is 6.33. The van der Waals surface area contributed by atoms with E-state index in [9.17, 15) is 0 Å². The lowest BCUT2D eigenvalue weighted by Gasteiger charge is -2.37. The average Bonchev–Trinajstić information content (AvgIpc) is 3.01. The van der Waals surface area contributed by atoms with Gasteiger partial charge in [-0.2, -0.15) is 0 Å². The molecule has 21 heavy (non-hydrogen) atoms. The van der Waals surface area contributed by atoms with Crippen LogP contribution in [0.1, 0.15) is 52.9 Å². The van der Waals surface area contributed by atoms with Gasteiger partial charge in [-0.3, -0.25) is 0 Å². The predicted molar refractivity (Wildman–Crippen MR) is 83.3 cm³/mol. The number of rotatable bonds is 5. The Morgan fingerprint density at radius 1 is 1.19 bits per heavy atom. The number of ether oxygens (including phenoxy) is 3. The molecule has 1 spiro atoms. The highest BCUT2D eigenvalue weighted by molar-refractivity contribution is 4.97. The minimum Gasteiger partial charge on any atom is -0.378 e. The molecule has 0 amide bonds. The maximum atomic E-state index is 6.12. The van der Waals surface area contributed by atoms with Crippen molar-refractivity contribution in [2.75, 3.05) is 20.3 Å². The Balaban J connectivity index is 1.54. The van der Waals surface area contributed by atoms with Crippen LogP contribution in [0.3, 0.4) is 0 Å². The van der Waals surface area contributed by atoms with Crippen LogP contribution in [0, 0.1) is 23.7 Å². The normalized spacial score (nSPS) is 39.9. The van der Waals surface area contributed by atoms with E-state index in [1.165, 1.54) is 25.7 Å². The standard InChI is InChI=1S/C18H32O3/c1-12(2)15-11-20-16(17(15)19-4)8-13(3)14-9-18(21-10-14)6-5-7-18/h12-17H,5-11H2,1-4H3. The monoisotopic (exact) mass is 296 g/mol. The first kappa shape index (κ1) is 15.8. The highest BCUT2D eigenvalue weighted by Crippen LogP contribution is 2.48. The number of hydrogen-bond acceptors (Lipinski definition) is 3. The van der Waals surface area contributed by atoms with E-state index in [1.807, 2.05) is 7.11 Å². The first-order valence-corrected chi connectivity index (χ1v) is 8.83. The van der Waals surface area contributed by atoms with Gasteiger partial charge < -0.3 is 14.2 Å². The fraction of sp³-hybridized carbons (Fsp3) is 1.00. The molecule has 0 aromatic rings. The molecule has 3 aliphatic rings. The molecule has 0 aromatic carbocycles. The Labute approximate surface area is 129 Å². The number of hydrogen-bond donors (Lipinski definition) is 0. The molecule has 2 saturated heterocycles. The van der Waals surface area contributed by atoms with E-state index in [1.54, 1.807) is 0 Å². The van der Waals surface area contributed by atoms with Gasteiger partial charge in [0, 0.05) is 13.0 Å². The van der Waals surface area contributed by atoms with Crippen LogP contribution in [-0.2, 0) is 14.2 Å². The van der Waals surface area contributed by atoms with Gasteiger partial charge in [0.05, 0.1) is 31.0 Å². The molecule has 5 unspecified atom stereocenters. The zero-order valence-electron chi connectivity index (χ0n) is 14.1. The highest BCUT2D eigenvalue weighted by Gasteiger charge is 2.47. The first-order chi connectivity index (χ1) is 10.0. The van der Waals surface area contributed by atoms with E-state index >= 15 is 0 Å². The zero-order valence-corrected chi connectivity index (χ0v) is 14.1. The predicted octanol–water partition coefficient (Wildman–Crippen LogP) is 3.66. The van der Waals surface area contributed by atoms with Crippen molar-refractivity contribution in [2.45, 2.75) is 70.7 Å². The van der Waals surface area contributed by atoms with Gasteiger partial charge >= 0.3 is 0 Å². The molecule has 3 fully saturated rings. The van der Waals surface area contributed by atoms with Crippen molar-refractivity contribution in [3.05, 3.63) is 0 Å². The van der Waals surface area contributed by atoms with Gasteiger partial charge in [0.2, 0.25) is 0 Å². The van der Waals surface area contributed by atoms with E-state index in [-0.39, 0.29) is 17.8 Å². The van der Waals surface area contributed by atoms with Gasteiger partial charge in [-0.1, -0.05) is 20.8 Å². The molecule has 3 heteroatoms. The summed E-state index contributed by atoms with van der Waals surface area (Å²) in [6, 6.07) is 0. The van der Waals surface area contributed by atoms with Gasteiger partial charge in [-0.25, -0.2) is 0 Å². The molecule has 1 saturated carbocycles. The SMILES string of the molecule is COC1C(CC(C)C2COC3(CCC3)C2)OCC1C(C)C. The summed E-state index contributed by atoms with van der Waals surface area (Å²) in [4.78, 5) is 0. The van der Waals surface area contributed by atoms with Crippen LogP contribution in [-0.4, -0.2) is 38.1 Å². The summed E-state index contributed by atoms with van der Waals surface area (Å²) in [5.41, 5.74) is 0.274. The molecular formula is C18H32O3. The summed E-state index contributed by atoms with van der Waals surface area (Å²) >= 11 is 0. The molecule has 3 nitrogen and oxygen atoms in total. The van der Waals surface area contributed by atoms with Crippen molar-refractivity contribution in [2.24, 2.45) is 23.7 Å². The highest BCUT2D eigenvalue weighted by atomic mass is 16.5. The molecule has 0 aromatic heterocycles. The quantitative estimate of drug-likeness (QED) is 0.775. The Kier molecular flexibility index (Phi) is 4.63. The van der Waals surface area contributed by atoms with Crippen LogP contribution in [0.4, 0.5) is 0 Å². The fourth-order valence-corrected chi connectivity index (χ4v) is 4.52. The molecule has 2 heterocycles. The fourth-order valence-electron chi connectivity index (χ4n) is 4.52. The van der Waals surface area contributed by atoms with Gasteiger partial charge in [0.1, 0.15) is 0 Å². The summed E-state index contributed by atoms with van der Waals surface area (Å²) < 4.78 is 18.0. The average molecular weight is 296 g/mol. The van der Waals surface area contributed by atoms with Gasteiger partial charge in [-0.05, 0) is 49.9 Å². The third-order valence-corrected chi connectivity index (χ3v) is 6.33. The van der Waals surface area contributed by atoms with Crippen molar-refractivity contribution in [1.29, 1.82) is 0 Å². The molecule has 122 valence electrons. The lowest BCUT2D eigenvalue weighted by atomic mass is 9.73. The first-order valence-electron chi connectivity index (χ1n) is 8.83. The van der Waals surface area contributed by atoms with E-state index in [4.69, 9.17) is 14.2 Å². The van der Waals surface area contributed by atoms with Crippen LogP contribution in [0.15, 0.2) is 0 Å². The van der Waals surface area contributed by atoms with Crippen molar-refractivity contribution in [3.8, 4) is 0 Å². The second-order valence-corrected chi connectivity index (χ2v) is 8.00. The van der Waals surface area contributed by atoms with Gasteiger partial charge in [0.25, 0.3) is 0 Å². The summed E-state index contributed by atoms with van der Waals surface area (Å²) in [7, 11) is 1.84. The number of methoxy groups -OCH3 is 1. The largest absolute Gasteiger partial charge is 0.378 e. The summed E-state index contributed by atoms with van der Waals surface area (Å²) in [5, 5.41) is 0. The van der Waals surface area contributed by atoms with Crippen LogP contribution in [0.25, 0.3) is 0 Å². The third kappa shape index (κ3) is 3.02. The van der Waals surface area contributed by atoms with Crippen LogP contribution < -0.4 is 0 Å².